The summed E-state index contributed by atoms with van der Waals surface area (Å²) in [6.45, 7) is 3.03. The summed E-state index contributed by atoms with van der Waals surface area (Å²) in [6, 6.07) is 13.9. The van der Waals surface area contributed by atoms with Crippen molar-refractivity contribution in [2.45, 2.75) is 24.8 Å². The maximum absolute atomic E-state index is 12.3. The molecule has 0 spiro atoms. The number of benzene rings is 2. The summed E-state index contributed by atoms with van der Waals surface area (Å²) in [5.74, 6) is -0.583. The first-order chi connectivity index (χ1) is 11.3. The number of hydrogen-bond donors (Lipinski definition) is 0. The Bertz CT molecular complexity index is 882. The summed E-state index contributed by atoms with van der Waals surface area (Å²) < 4.78 is 34.5. The molecule has 2 aromatic carbocycles. The Labute approximate surface area is 140 Å². The van der Waals surface area contributed by atoms with Gasteiger partial charge in [0.2, 0.25) is 6.10 Å². The number of aryl methyl sites for hydroxylation is 1. The smallest absolute Gasteiger partial charge is 0.339 e. The van der Waals surface area contributed by atoms with Gasteiger partial charge in [-0.25, -0.2) is 0 Å². The fraction of sp³-hybridized carbons (Fsp3) is 0.176. The molecule has 0 saturated heterocycles. The number of nitriles is 1. The molecule has 2 aromatic rings. The molecule has 124 valence electrons. The van der Waals surface area contributed by atoms with E-state index in [2.05, 4.69) is 0 Å². The van der Waals surface area contributed by atoms with Crippen molar-refractivity contribution in [1.82, 2.24) is 0 Å². The topological polar surface area (TPSA) is 93.5 Å². The molecule has 0 aliphatic rings. The standard InChI is InChI=1S/C17H15NO5S/c1-12-6-8-16(9-7-12)24(20,21)23-15-5-3-4-14(10-15)17(11-18)22-13(2)19/h3-10,17H,1-2H3. The summed E-state index contributed by atoms with van der Waals surface area (Å²) in [4.78, 5) is 11.0. The van der Waals surface area contributed by atoms with Crippen LogP contribution in [0.4, 0.5) is 0 Å². The molecule has 1 atom stereocenters. The first-order valence-corrected chi connectivity index (χ1v) is 8.40. The Hall–Kier alpha value is -2.85. The van der Waals surface area contributed by atoms with Gasteiger partial charge in [0, 0.05) is 12.5 Å². The van der Waals surface area contributed by atoms with E-state index in [1.807, 2.05) is 13.0 Å². The molecule has 7 heteroatoms. The van der Waals surface area contributed by atoms with E-state index >= 15 is 0 Å². The van der Waals surface area contributed by atoms with Crippen LogP contribution in [0.1, 0.15) is 24.2 Å². The van der Waals surface area contributed by atoms with E-state index in [4.69, 9.17) is 14.2 Å². The van der Waals surface area contributed by atoms with Gasteiger partial charge in [-0.1, -0.05) is 29.8 Å². The van der Waals surface area contributed by atoms with Gasteiger partial charge in [-0.05, 0) is 31.2 Å². The SMILES string of the molecule is CC(=O)OC(C#N)c1cccc(OS(=O)(=O)c2ccc(C)cc2)c1. The van der Waals surface area contributed by atoms with Gasteiger partial charge in [0.15, 0.2) is 0 Å². The third kappa shape index (κ3) is 4.33. The van der Waals surface area contributed by atoms with Crippen molar-refractivity contribution >= 4 is 16.1 Å². The molecule has 0 saturated carbocycles. The average molecular weight is 345 g/mol. The Morgan fingerprint density at radius 2 is 1.83 bits per heavy atom. The first-order valence-electron chi connectivity index (χ1n) is 7.00. The van der Waals surface area contributed by atoms with Gasteiger partial charge in [-0.2, -0.15) is 13.7 Å². The van der Waals surface area contributed by atoms with Crippen molar-refractivity contribution in [3.8, 4) is 11.8 Å². The minimum absolute atomic E-state index is 0.0234. The van der Waals surface area contributed by atoms with Crippen LogP contribution < -0.4 is 4.18 Å². The molecule has 0 fully saturated rings. The van der Waals surface area contributed by atoms with Gasteiger partial charge >= 0.3 is 16.1 Å². The molecule has 0 bridgehead atoms. The largest absolute Gasteiger partial charge is 0.442 e. The molecule has 0 radical (unpaired) electrons. The van der Waals surface area contributed by atoms with Crippen molar-refractivity contribution < 1.29 is 22.1 Å². The molecule has 0 N–H and O–H groups in total. The van der Waals surface area contributed by atoms with E-state index in [1.54, 1.807) is 18.2 Å². The second-order valence-corrected chi connectivity index (χ2v) is 6.59. The highest BCUT2D eigenvalue weighted by atomic mass is 32.2. The molecular weight excluding hydrogens is 330 g/mol. The van der Waals surface area contributed by atoms with Gasteiger partial charge in [0.05, 0.1) is 0 Å². The predicted octanol–water partition coefficient (Wildman–Crippen LogP) is 2.89. The fourth-order valence-electron chi connectivity index (χ4n) is 1.94. The fourth-order valence-corrected chi connectivity index (χ4v) is 2.87. The van der Waals surface area contributed by atoms with Crippen LogP contribution in [-0.2, 0) is 19.6 Å². The summed E-state index contributed by atoms with van der Waals surface area (Å²) in [5, 5.41) is 9.07. The van der Waals surface area contributed by atoms with E-state index in [9.17, 15) is 13.2 Å². The van der Waals surface area contributed by atoms with Crippen LogP contribution in [0.3, 0.4) is 0 Å². The minimum Gasteiger partial charge on any atom is -0.442 e. The first kappa shape index (κ1) is 17.5. The van der Waals surface area contributed by atoms with Crippen molar-refractivity contribution in [2.24, 2.45) is 0 Å². The lowest BCUT2D eigenvalue weighted by atomic mass is 10.1. The highest BCUT2D eigenvalue weighted by molar-refractivity contribution is 7.87. The summed E-state index contributed by atoms with van der Waals surface area (Å²) >= 11 is 0. The van der Waals surface area contributed by atoms with Gasteiger partial charge in [0.1, 0.15) is 16.7 Å². The van der Waals surface area contributed by atoms with E-state index in [0.717, 1.165) is 5.56 Å². The molecule has 0 heterocycles. The molecular formula is C17H15NO5S. The summed E-state index contributed by atoms with van der Waals surface area (Å²) in [7, 11) is -3.99. The van der Waals surface area contributed by atoms with Crippen molar-refractivity contribution in [1.29, 1.82) is 5.26 Å². The number of ether oxygens (including phenoxy) is 1. The maximum atomic E-state index is 12.3. The molecule has 0 aliphatic carbocycles. The lowest BCUT2D eigenvalue weighted by Crippen LogP contribution is -2.11. The lowest BCUT2D eigenvalue weighted by Gasteiger charge is -2.12. The Morgan fingerprint density at radius 3 is 2.42 bits per heavy atom. The highest BCUT2D eigenvalue weighted by Crippen LogP contribution is 2.24. The number of carbonyl (C=O) groups excluding carboxylic acids is 1. The van der Waals surface area contributed by atoms with Crippen LogP contribution in [0.2, 0.25) is 0 Å². The monoisotopic (exact) mass is 345 g/mol. The Morgan fingerprint density at radius 1 is 1.17 bits per heavy atom. The molecule has 1 unspecified atom stereocenters. The number of esters is 1. The van der Waals surface area contributed by atoms with Crippen molar-refractivity contribution in [2.75, 3.05) is 0 Å². The predicted molar refractivity (Wildman–Crippen MR) is 85.6 cm³/mol. The quantitative estimate of drug-likeness (QED) is 0.611. The zero-order chi connectivity index (χ0) is 17.7. The summed E-state index contributed by atoms with van der Waals surface area (Å²) in [6.07, 6.45) is -1.13. The number of rotatable bonds is 5. The molecule has 0 aliphatic heterocycles. The van der Waals surface area contributed by atoms with Crippen molar-refractivity contribution in [3.05, 3.63) is 59.7 Å². The third-order valence-electron chi connectivity index (χ3n) is 3.08. The van der Waals surface area contributed by atoms with E-state index in [0.29, 0.717) is 5.56 Å². The van der Waals surface area contributed by atoms with Crippen molar-refractivity contribution in [3.63, 3.8) is 0 Å². The van der Waals surface area contributed by atoms with Gasteiger partial charge in [-0.15, -0.1) is 0 Å². The molecule has 24 heavy (non-hydrogen) atoms. The van der Waals surface area contributed by atoms with Gasteiger partial charge in [-0.3, -0.25) is 4.79 Å². The van der Waals surface area contributed by atoms with Gasteiger partial charge < -0.3 is 8.92 Å². The average Bonchev–Trinajstić information content (AvgIpc) is 2.52. The minimum atomic E-state index is -3.99. The van der Waals surface area contributed by atoms with E-state index in [1.165, 1.54) is 37.3 Å². The zero-order valence-corrected chi connectivity index (χ0v) is 13.9. The zero-order valence-electron chi connectivity index (χ0n) is 13.1. The van der Waals surface area contributed by atoms with Crippen LogP contribution in [0.5, 0.6) is 5.75 Å². The molecule has 0 aromatic heterocycles. The maximum Gasteiger partial charge on any atom is 0.339 e. The normalized spacial score (nSPS) is 12.0. The van der Waals surface area contributed by atoms with Crippen LogP contribution in [-0.4, -0.2) is 14.4 Å². The Kier molecular flexibility index (Phi) is 5.21. The second kappa shape index (κ2) is 7.15. The van der Waals surface area contributed by atoms with Crippen LogP contribution in [0.15, 0.2) is 53.4 Å². The molecule has 2 rings (SSSR count). The van der Waals surface area contributed by atoms with E-state index < -0.39 is 22.2 Å². The number of hydrogen-bond acceptors (Lipinski definition) is 6. The van der Waals surface area contributed by atoms with Crippen LogP contribution in [0, 0.1) is 18.3 Å². The number of nitrogens with zero attached hydrogens (tertiary/aromatic N) is 1. The van der Waals surface area contributed by atoms with E-state index in [-0.39, 0.29) is 10.6 Å². The molecule has 0 amide bonds. The molecule has 6 nitrogen and oxygen atoms in total. The highest BCUT2D eigenvalue weighted by Gasteiger charge is 2.19. The number of carbonyl (C=O) groups is 1. The third-order valence-corrected chi connectivity index (χ3v) is 4.34. The second-order valence-electron chi connectivity index (χ2n) is 5.04. The van der Waals surface area contributed by atoms with Crippen LogP contribution >= 0.6 is 0 Å². The Balaban J connectivity index is 2.27. The lowest BCUT2D eigenvalue weighted by molar-refractivity contribution is -0.144. The summed E-state index contributed by atoms with van der Waals surface area (Å²) in [5.41, 5.74) is 1.25. The van der Waals surface area contributed by atoms with Gasteiger partial charge in [0.25, 0.3) is 0 Å². The van der Waals surface area contributed by atoms with Crippen LogP contribution in [0.25, 0.3) is 0 Å².